The van der Waals surface area contributed by atoms with Crippen LogP contribution in [0.2, 0.25) is 0 Å². The Morgan fingerprint density at radius 3 is 2.61 bits per heavy atom. The van der Waals surface area contributed by atoms with Crippen LogP contribution in [0.5, 0.6) is 5.75 Å². The molecule has 18 heavy (non-hydrogen) atoms. The van der Waals surface area contributed by atoms with Crippen molar-refractivity contribution in [3.63, 3.8) is 0 Å². The maximum Gasteiger partial charge on any atom is 0.142 e. The van der Waals surface area contributed by atoms with Crippen molar-refractivity contribution in [2.75, 3.05) is 32.0 Å². The van der Waals surface area contributed by atoms with Gasteiger partial charge in [-0.3, -0.25) is 4.90 Å². The minimum Gasteiger partial charge on any atom is -0.490 e. The molecule has 0 saturated carbocycles. The average molecular weight is 266 g/mol. The smallest absolute Gasteiger partial charge is 0.142 e. The maximum absolute atomic E-state index is 5.84. The highest BCUT2D eigenvalue weighted by molar-refractivity contribution is 8.00. The molecule has 1 aliphatic rings. The fourth-order valence-corrected chi connectivity index (χ4v) is 3.75. The molecule has 3 nitrogen and oxygen atoms in total. The van der Waals surface area contributed by atoms with E-state index in [1.54, 1.807) is 0 Å². The highest BCUT2D eigenvalue weighted by Gasteiger charge is 2.21. The minimum absolute atomic E-state index is 0.707. The van der Waals surface area contributed by atoms with E-state index in [2.05, 4.69) is 30.5 Å². The van der Waals surface area contributed by atoms with E-state index in [1.807, 2.05) is 24.3 Å². The molecular weight excluding hydrogens is 244 g/mol. The molecule has 0 bridgehead atoms. The lowest BCUT2D eigenvalue weighted by atomic mass is 10.3. The molecule has 4 heteroatoms. The molecule has 0 aliphatic carbocycles. The van der Waals surface area contributed by atoms with Crippen molar-refractivity contribution in [2.45, 2.75) is 24.3 Å². The standard InChI is InChI=1S/C14H22N2OS/c1-11-9-16(10-12(2)18-11)7-8-17-14-6-4-3-5-13(14)15/h3-6,11-12H,7-10,15H2,1-2H3. The first-order chi connectivity index (χ1) is 8.65. The Kier molecular flexibility index (Phi) is 4.78. The zero-order chi connectivity index (χ0) is 13.0. The second-order valence-electron chi connectivity index (χ2n) is 4.90. The van der Waals surface area contributed by atoms with Gasteiger partial charge >= 0.3 is 0 Å². The van der Waals surface area contributed by atoms with Gasteiger partial charge in [0.15, 0.2) is 0 Å². The summed E-state index contributed by atoms with van der Waals surface area (Å²) >= 11 is 2.07. The molecule has 1 saturated heterocycles. The molecule has 1 fully saturated rings. The van der Waals surface area contributed by atoms with Crippen LogP contribution in [0.4, 0.5) is 5.69 Å². The summed E-state index contributed by atoms with van der Waals surface area (Å²) < 4.78 is 5.74. The lowest BCUT2D eigenvalue weighted by molar-refractivity contribution is 0.208. The van der Waals surface area contributed by atoms with Gasteiger partial charge in [-0.25, -0.2) is 0 Å². The normalized spacial score (nSPS) is 25.0. The van der Waals surface area contributed by atoms with E-state index in [-0.39, 0.29) is 0 Å². The van der Waals surface area contributed by atoms with Crippen molar-refractivity contribution >= 4 is 17.4 Å². The second kappa shape index (κ2) is 6.34. The summed E-state index contributed by atoms with van der Waals surface area (Å²) in [6, 6.07) is 7.67. The van der Waals surface area contributed by atoms with Gasteiger partial charge in [0.2, 0.25) is 0 Å². The van der Waals surface area contributed by atoms with Gasteiger partial charge in [0.25, 0.3) is 0 Å². The van der Waals surface area contributed by atoms with Crippen molar-refractivity contribution in [1.29, 1.82) is 0 Å². The second-order valence-corrected chi connectivity index (χ2v) is 6.78. The highest BCUT2D eigenvalue weighted by atomic mass is 32.2. The van der Waals surface area contributed by atoms with Crippen LogP contribution in [-0.4, -0.2) is 41.6 Å². The Balaban J connectivity index is 1.77. The predicted octanol–water partition coefficient (Wildman–Crippen LogP) is 2.47. The zero-order valence-corrected chi connectivity index (χ0v) is 12.0. The number of thioether (sulfide) groups is 1. The van der Waals surface area contributed by atoms with Gasteiger partial charge in [0, 0.05) is 30.1 Å². The first-order valence-electron chi connectivity index (χ1n) is 6.50. The van der Waals surface area contributed by atoms with Gasteiger partial charge in [-0.05, 0) is 12.1 Å². The Bertz CT molecular complexity index is 376. The summed E-state index contributed by atoms with van der Waals surface area (Å²) in [5.74, 6) is 0.796. The first-order valence-corrected chi connectivity index (χ1v) is 7.44. The van der Waals surface area contributed by atoms with Gasteiger partial charge in [0.1, 0.15) is 12.4 Å². The van der Waals surface area contributed by atoms with Crippen molar-refractivity contribution < 1.29 is 4.74 Å². The van der Waals surface area contributed by atoms with E-state index in [4.69, 9.17) is 10.5 Å². The third kappa shape index (κ3) is 3.82. The van der Waals surface area contributed by atoms with Crippen molar-refractivity contribution in [3.8, 4) is 5.75 Å². The summed E-state index contributed by atoms with van der Waals surface area (Å²) in [6.45, 7) is 8.58. The summed E-state index contributed by atoms with van der Waals surface area (Å²) in [5, 5.41) is 1.44. The minimum atomic E-state index is 0.707. The van der Waals surface area contributed by atoms with Crippen LogP contribution < -0.4 is 10.5 Å². The Morgan fingerprint density at radius 2 is 1.94 bits per heavy atom. The van der Waals surface area contributed by atoms with Crippen molar-refractivity contribution in [1.82, 2.24) is 4.90 Å². The van der Waals surface area contributed by atoms with E-state index in [0.717, 1.165) is 35.9 Å². The van der Waals surface area contributed by atoms with E-state index in [0.29, 0.717) is 12.3 Å². The number of anilines is 1. The lowest BCUT2D eigenvalue weighted by Crippen LogP contribution is -2.42. The molecular formula is C14H22N2OS. The van der Waals surface area contributed by atoms with E-state index < -0.39 is 0 Å². The number of rotatable bonds is 4. The van der Waals surface area contributed by atoms with Gasteiger partial charge in [0.05, 0.1) is 5.69 Å². The number of hydrogen-bond donors (Lipinski definition) is 1. The van der Waals surface area contributed by atoms with E-state index in [1.165, 1.54) is 0 Å². The first kappa shape index (κ1) is 13.6. The molecule has 1 aromatic carbocycles. The number of hydrogen-bond acceptors (Lipinski definition) is 4. The fraction of sp³-hybridized carbons (Fsp3) is 0.571. The van der Waals surface area contributed by atoms with Crippen LogP contribution in [0.1, 0.15) is 13.8 Å². The van der Waals surface area contributed by atoms with Crippen LogP contribution >= 0.6 is 11.8 Å². The molecule has 2 rings (SSSR count). The topological polar surface area (TPSA) is 38.5 Å². The van der Waals surface area contributed by atoms with Crippen LogP contribution in [0, 0.1) is 0 Å². The van der Waals surface area contributed by atoms with E-state index in [9.17, 15) is 0 Å². The molecule has 2 atom stereocenters. The van der Waals surface area contributed by atoms with Gasteiger partial charge in [-0.2, -0.15) is 11.8 Å². The molecule has 1 heterocycles. The SMILES string of the molecule is CC1CN(CCOc2ccccc2N)CC(C)S1. The summed E-state index contributed by atoms with van der Waals surface area (Å²) in [7, 11) is 0. The number of nitrogens with zero attached hydrogens (tertiary/aromatic N) is 1. The molecule has 0 radical (unpaired) electrons. The fourth-order valence-electron chi connectivity index (χ4n) is 2.36. The highest BCUT2D eigenvalue weighted by Crippen LogP contribution is 2.24. The molecule has 0 spiro atoms. The Morgan fingerprint density at radius 1 is 1.28 bits per heavy atom. The molecule has 1 aliphatic heterocycles. The summed E-state index contributed by atoms with van der Waals surface area (Å²) in [6.07, 6.45) is 0. The summed E-state index contributed by atoms with van der Waals surface area (Å²) in [5.41, 5.74) is 6.56. The Labute approximate surface area is 114 Å². The number of benzene rings is 1. The lowest BCUT2D eigenvalue weighted by Gasteiger charge is -2.34. The molecule has 0 aromatic heterocycles. The van der Waals surface area contributed by atoms with Crippen LogP contribution in [0.3, 0.4) is 0 Å². The summed E-state index contributed by atoms with van der Waals surface area (Å²) in [4.78, 5) is 2.48. The monoisotopic (exact) mass is 266 g/mol. The third-order valence-corrected chi connectivity index (χ3v) is 4.31. The van der Waals surface area contributed by atoms with Gasteiger partial charge in [-0.15, -0.1) is 0 Å². The quantitative estimate of drug-likeness (QED) is 0.850. The number of nitrogens with two attached hydrogens (primary N) is 1. The Hall–Kier alpha value is -0.870. The number of para-hydroxylation sites is 2. The molecule has 100 valence electrons. The number of ether oxygens (including phenoxy) is 1. The number of nitrogen functional groups attached to an aromatic ring is 1. The van der Waals surface area contributed by atoms with Crippen LogP contribution in [-0.2, 0) is 0 Å². The molecule has 2 unspecified atom stereocenters. The molecule has 1 aromatic rings. The van der Waals surface area contributed by atoms with Crippen LogP contribution in [0.25, 0.3) is 0 Å². The molecule has 0 amide bonds. The third-order valence-electron chi connectivity index (χ3n) is 3.08. The predicted molar refractivity (Wildman–Crippen MR) is 79.3 cm³/mol. The largest absolute Gasteiger partial charge is 0.490 e. The van der Waals surface area contributed by atoms with Crippen LogP contribution in [0.15, 0.2) is 24.3 Å². The van der Waals surface area contributed by atoms with Crippen molar-refractivity contribution in [2.24, 2.45) is 0 Å². The van der Waals surface area contributed by atoms with Crippen molar-refractivity contribution in [3.05, 3.63) is 24.3 Å². The zero-order valence-electron chi connectivity index (χ0n) is 11.1. The van der Waals surface area contributed by atoms with E-state index >= 15 is 0 Å². The van der Waals surface area contributed by atoms with Gasteiger partial charge in [-0.1, -0.05) is 26.0 Å². The van der Waals surface area contributed by atoms with Gasteiger partial charge < -0.3 is 10.5 Å². The molecule has 2 N–H and O–H groups in total. The maximum atomic E-state index is 5.84. The average Bonchev–Trinajstić information content (AvgIpc) is 2.30.